The molecule has 0 aromatic heterocycles. The summed E-state index contributed by atoms with van der Waals surface area (Å²) in [7, 11) is 0. The van der Waals surface area contributed by atoms with Crippen LogP contribution in [0.4, 0.5) is 0 Å². The number of hydrogen-bond donors (Lipinski definition) is 2. The minimum atomic E-state index is -0.812. The van der Waals surface area contributed by atoms with Crippen LogP contribution < -0.4 is 18.1 Å². The van der Waals surface area contributed by atoms with Crippen LogP contribution in [-0.4, -0.2) is 16.6 Å². The largest absolute Gasteiger partial charge is 1.00 e. The first-order valence-electron chi connectivity index (χ1n) is 3.34. The Balaban J connectivity index is 0.000000605. The van der Waals surface area contributed by atoms with Crippen LogP contribution in [0.15, 0.2) is 12.2 Å². The lowest BCUT2D eigenvalue weighted by molar-refractivity contribution is -0.426. The monoisotopic (exact) mass is 175 g/mol. The highest BCUT2D eigenvalue weighted by atomic mass is 35.5. The number of aliphatic carboxylic acids is 1. The molecule has 1 spiro atoms. The van der Waals surface area contributed by atoms with Crippen molar-refractivity contribution >= 4 is 5.97 Å². The lowest BCUT2D eigenvalue weighted by Crippen LogP contribution is -3.00. The van der Waals surface area contributed by atoms with Crippen molar-refractivity contribution in [2.45, 2.75) is 18.4 Å². The summed E-state index contributed by atoms with van der Waals surface area (Å²) < 4.78 is 0. The molecule has 0 saturated heterocycles. The van der Waals surface area contributed by atoms with E-state index in [2.05, 4.69) is 12.3 Å². The molecule has 4 heteroatoms. The van der Waals surface area contributed by atoms with Gasteiger partial charge in [-0.1, -0.05) is 6.58 Å². The van der Waals surface area contributed by atoms with Crippen LogP contribution in [0.1, 0.15) is 12.8 Å². The Morgan fingerprint density at radius 2 is 2.09 bits per heavy atom. The minimum Gasteiger partial charge on any atom is -1.00 e. The number of rotatable bonds is 1. The van der Waals surface area contributed by atoms with Crippen molar-refractivity contribution in [2.75, 3.05) is 0 Å². The molecular weight excluding hydrogens is 166 g/mol. The highest BCUT2D eigenvalue weighted by molar-refractivity contribution is 5.92. The van der Waals surface area contributed by atoms with E-state index >= 15 is 0 Å². The molecule has 1 atom stereocenters. The quantitative estimate of drug-likeness (QED) is 0.405. The van der Waals surface area contributed by atoms with Gasteiger partial charge in [-0.2, -0.15) is 0 Å². The van der Waals surface area contributed by atoms with E-state index in [0.717, 1.165) is 18.4 Å². The normalized spacial score (nSPS) is 36.3. The number of halogens is 1. The van der Waals surface area contributed by atoms with Gasteiger partial charge in [-0.25, -0.2) is 4.79 Å². The first-order chi connectivity index (χ1) is 4.56. The van der Waals surface area contributed by atoms with E-state index in [1.807, 2.05) is 0 Å². The van der Waals surface area contributed by atoms with Gasteiger partial charge in [-0.15, -0.1) is 0 Å². The van der Waals surface area contributed by atoms with Crippen LogP contribution in [-0.2, 0) is 4.79 Å². The maximum absolute atomic E-state index is 10.6. The standard InChI is InChI=1S/C7H9NO2.ClH/c1-4-6(2-3-6)7(4,8)5(9)10;/h1-3,8H2,(H,9,10);1H. The van der Waals surface area contributed by atoms with E-state index in [4.69, 9.17) is 5.11 Å². The van der Waals surface area contributed by atoms with Crippen LogP contribution in [0, 0.1) is 5.41 Å². The Labute approximate surface area is 70.7 Å². The number of quaternary nitrogens is 1. The summed E-state index contributed by atoms with van der Waals surface area (Å²) >= 11 is 0. The van der Waals surface area contributed by atoms with E-state index in [0.29, 0.717) is 0 Å². The molecule has 3 nitrogen and oxygen atoms in total. The van der Waals surface area contributed by atoms with E-state index in [9.17, 15) is 4.79 Å². The average Bonchev–Trinajstić information content (AvgIpc) is 2.69. The molecule has 0 bridgehead atoms. The SMILES string of the molecule is C=C1C2(CC2)C1([NH3+])C(=O)O.[Cl-]. The zero-order valence-corrected chi connectivity index (χ0v) is 6.82. The molecule has 4 N–H and O–H groups in total. The second-order valence-corrected chi connectivity index (χ2v) is 3.27. The van der Waals surface area contributed by atoms with Crippen molar-refractivity contribution in [2.24, 2.45) is 5.41 Å². The third-order valence-corrected chi connectivity index (χ3v) is 2.96. The summed E-state index contributed by atoms with van der Waals surface area (Å²) in [6.45, 7) is 3.71. The lowest BCUT2D eigenvalue weighted by Gasteiger charge is -1.95. The van der Waals surface area contributed by atoms with Gasteiger partial charge in [0.2, 0.25) is 5.54 Å². The second-order valence-electron chi connectivity index (χ2n) is 3.27. The molecule has 0 heterocycles. The topological polar surface area (TPSA) is 64.9 Å². The van der Waals surface area contributed by atoms with Crippen molar-refractivity contribution in [3.63, 3.8) is 0 Å². The third-order valence-electron chi connectivity index (χ3n) is 2.96. The summed E-state index contributed by atoms with van der Waals surface area (Å²) in [5, 5.41) is 8.74. The van der Waals surface area contributed by atoms with Crippen molar-refractivity contribution in [1.82, 2.24) is 0 Å². The van der Waals surface area contributed by atoms with Gasteiger partial charge in [0.1, 0.15) is 0 Å². The van der Waals surface area contributed by atoms with E-state index in [-0.39, 0.29) is 17.8 Å². The molecule has 0 aromatic rings. The van der Waals surface area contributed by atoms with Crippen LogP contribution in [0.25, 0.3) is 0 Å². The van der Waals surface area contributed by atoms with Crippen molar-refractivity contribution in [3.05, 3.63) is 12.2 Å². The molecule has 62 valence electrons. The van der Waals surface area contributed by atoms with Crippen molar-refractivity contribution in [3.8, 4) is 0 Å². The van der Waals surface area contributed by atoms with Crippen LogP contribution in [0.2, 0.25) is 0 Å². The second kappa shape index (κ2) is 1.79. The zero-order valence-electron chi connectivity index (χ0n) is 6.06. The smallest absolute Gasteiger partial charge is 0.371 e. The molecule has 0 radical (unpaired) electrons. The molecule has 2 rings (SSSR count). The number of carbonyl (C=O) groups is 1. The Morgan fingerprint density at radius 1 is 1.64 bits per heavy atom. The number of carboxylic acid groups (broad SMARTS) is 1. The van der Waals surface area contributed by atoms with Gasteiger partial charge in [0, 0.05) is 5.57 Å². The van der Waals surface area contributed by atoms with Gasteiger partial charge in [0.25, 0.3) is 0 Å². The maximum Gasteiger partial charge on any atom is 0.371 e. The van der Waals surface area contributed by atoms with Gasteiger partial charge in [-0.3, -0.25) is 0 Å². The van der Waals surface area contributed by atoms with Gasteiger partial charge in [0.05, 0.1) is 5.41 Å². The highest BCUT2D eigenvalue weighted by Crippen LogP contribution is 2.74. The summed E-state index contributed by atoms with van der Waals surface area (Å²) in [5.41, 5.74) is 3.62. The predicted octanol–water partition coefficient (Wildman–Crippen LogP) is -3.59. The maximum atomic E-state index is 10.6. The minimum absolute atomic E-state index is 0. The first kappa shape index (κ1) is 8.56. The Morgan fingerprint density at radius 3 is 2.18 bits per heavy atom. The zero-order chi connectivity index (χ0) is 7.57. The Bertz CT molecular complexity index is 247. The van der Waals surface area contributed by atoms with Gasteiger partial charge < -0.3 is 23.2 Å². The van der Waals surface area contributed by atoms with Gasteiger partial charge >= 0.3 is 5.97 Å². The Kier molecular flexibility index (Phi) is 1.39. The van der Waals surface area contributed by atoms with Crippen LogP contribution in [0.3, 0.4) is 0 Å². The summed E-state index contributed by atoms with van der Waals surface area (Å²) in [4.78, 5) is 10.6. The molecule has 11 heavy (non-hydrogen) atoms. The summed E-state index contributed by atoms with van der Waals surface area (Å²) in [5.74, 6) is -0.810. The number of carboxylic acids is 1. The molecule has 0 aromatic carbocycles. The molecular formula is C7H10ClNO2. The molecule has 0 amide bonds. The summed E-state index contributed by atoms with van der Waals surface area (Å²) in [6.07, 6.45) is 1.95. The van der Waals surface area contributed by atoms with Gasteiger partial charge in [0.15, 0.2) is 0 Å². The van der Waals surface area contributed by atoms with Crippen LogP contribution in [0.5, 0.6) is 0 Å². The molecule has 2 aliphatic carbocycles. The van der Waals surface area contributed by atoms with Crippen molar-refractivity contribution < 1.29 is 28.0 Å². The lowest BCUT2D eigenvalue weighted by atomic mass is 10.2. The fraction of sp³-hybridized carbons (Fsp3) is 0.571. The van der Waals surface area contributed by atoms with Crippen LogP contribution >= 0.6 is 0 Å². The highest BCUT2D eigenvalue weighted by Gasteiger charge is 2.84. The fourth-order valence-electron chi connectivity index (χ4n) is 1.84. The fourth-order valence-corrected chi connectivity index (χ4v) is 1.84. The Hall–Kier alpha value is -0.540. The molecule has 1 unspecified atom stereocenters. The molecule has 0 aliphatic heterocycles. The summed E-state index contributed by atoms with van der Waals surface area (Å²) in [6, 6.07) is 0. The first-order valence-corrected chi connectivity index (χ1v) is 3.34. The number of hydrogen-bond acceptors (Lipinski definition) is 1. The predicted molar refractivity (Wildman–Crippen MR) is 34.1 cm³/mol. The van der Waals surface area contributed by atoms with E-state index in [1.54, 1.807) is 0 Å². The van der Waals surface area contributed by atoms with E-state index in [1.165, 1.54) is 0 Å². The molecule has 2 fully saturated rings. The van der Waals surface area contributed by atoms with Crippen molar-refractivity contribution in [1.29, 1.82) is 0 Å². The molecule has 2 saturated carbocycles. The van der Waals surface area contributed by atoms with Gasteiger partial charge in [-0.05, 0) is 12.8 Å². The molecule has 2 aliphatic rings. The third kappa shape index (κ3) is 0.607. The van der Waals surface area contributed by atoms with E-state index < -0.39 is 11.5 Å². The average molecular weight is 176 g/mol.